The van der Waals surface area contributed by atoms with Gasteiger partial charge in [-0.3, -0.25) is 4.79 Å². The van der Waals surface area contributed by atoms with E-state index in [0.29, 0.717) is 11.1 Å². The minimum atomic E-state index is -0.781. The van der Waals surface area contributed by atoms with E-state index in [-0.39, 0.29) is 47.1 Å². The highest BCUT2D eigenvalue weighted by atomic mass is 16.6. The van der Waals surface area contributed by atoms with Crippen molar-refractivity contribution < 1.29 is 34.7 Å². The van der Waals surface area contributed by atoms with Gasteiger partial charge in [-0.25, -0.2) is 0 Å². The largest absolute Gasteiger partial charge is 0.508 e. The van der Waals surface area contributed by atoms with E-state index in [1.807, 2.05) is 6.92 Å². The van der Waals surface area contributed by atoms with Crippen molar-refractivity contribution in [2.24, 2.45) is 5.92 Å². The molecule has 3 rings (SSSR count). The van der Waals surface area contributed by atoms with Gasteiger partial charge in [0, 0.05) is 29.7 Å². The summed E-state index contributed by atoms with van der Waals surface area (Å²) in [7, 11) is 0. The normalized spacial score (nSPS) is 18.6. The number of hydrogen-bond donors (Lipinski definition) is 4. The monoisotopic (exact) mass is 430 g/mol. The maximum atomic E-state index is 12.8. The molecule has 0 aliphatic carbocycles. The molecule has 0 fully saturated rings. The molecule has 1 aliphatic rings. The van der Waals surface area contributed by atoms with Crippen LogP contribution in [0.3, 0.4) is 0 Å². The Bertz CT molecular complexity index is 924. The summed E-state index contributed by atoms with van der Waals surface area (Å²) in [6, 6.07) is 6.85. The predicted molar refractivity (Wildman–Crippen MR) is 114 cm³/mol. The fourth-order valence-electron chi connectivity index (χ4n) is 3.81. The second-order valence-corrected chi connectivity index (χ2v) is 8.16. The molecular formula is C24H30O7. The summed E-state index contributed by atoms with van der Waals surface area (Å²) >= 11 is 0. The third-order valence-electron chi connectivity index (χ3n) is 5.66. The van der Waals surface area contributed by atoms with Gasteiger partial charge in [0.1, 0.15) is 23.4 Å². The first kappa shape index (κ1) is 22.6. The molecule has 0 bridgehead atoms. The quantitative estimate of drug-likeness (QED) is 0.272. The third kappa shape index (κ3) is 5.34. The summed E-state index contributed by atoms with van der Waals surface area (Å²) in [6.45, 7) is 3.97. The average Bonchev–Trinajstić information content (AvgIpc) is 2.73. The number of aromatic hydroxyl groups is 4. The number of esters is 1. The van der Waals surface area contributed by atoms with Gasteiger partial charge in [0.05, 0.1) is 5.92 Å². The first-order valence-electron chi connectivity index (χ1n) is 10.7. The molecule has 7 heteroatoms. The van der Waals surface area contributed by atoms with Crippen molar-refractivity contribution in [3.8, 4) is 28.7 Å². The topological polar surface area (TPSA) is 116 Å². The zero-order valence-electron chi connectivity index (χ0n) is 17.9. The molecule has 0 amide bonds. The Morgan fingerprint density at radius 3 is 2.55 bits per heavy atom. The Morgan fingerprint density at radius 2 is 1.84 bits per heavy atom. The summed E-state index contributed by atoms with van der Waals surface area (Å²) in [5, 5.41) is 39.6. The number of benzene rings is 2. The van der Waals surface area contributed by atoms with E-state index in [9.17, 15) is 25.2 Å². The Hall–Kier alpha value is -3.09. The molecule has 0 unspecified atom stereocenters. The molecule has 168 valence electrons. The van der Waals surface area contributed by atoms with Crippen LogP contribution in [-0.4, -0.2) is 32.5 Å². The fourth-order valence-corrected chi connectivity index (χ4v) is 3.81. The molecule has 1 aliphatic heterocycles. The fraction of sp³-hybridized carbons (Fsp3) is 0.458. The third-order valence-corrected chi connectivity index (χ3v) is 5.66. The summed E-state index contributed by atoms with van der Waals surface area (Å²) in [5.41, 5.74) is 0.933. The highest BCUT2D eigenvalue weighted by Crippen LogP contribution is 2.44. The van der Waals surface area contributed by atoms with Crippen molar-refractivity contribution in [2.45, 2.75) is 64.6 Å². The second kappa shape index (κ2) is 9.81. The lowest BCUT2D eigenvalue weighted by atomic mass is 9.93. The first-order valence-corrected chi connectivity index (χ1v) is 10.7. The molecule has 7 nitrogen and oxygen atoms in total. The summed E-state index contributed by atoms with van der Waals surface area (Å²) in [6.07, 6.45) is 3.65. The van der Waals surface area contributed by atoms with E-state index < -0.39 is 12.2 Å². The van der Waals surface area contributed by atoms with Crippen LogP contribution in [0.4, 0.5) is 0 Å². The van der Waals surface area contributed by atoms with Gasteiger partial charge in [0.15, 0.2) is 17.6 Å². The lowest BCUT2D eigenvalue weighted by Crippen LogP contribution is -2.36. The van der Waals surface area contributed by atoms with Crippen LogP contribution in [0.2, 0.25) is 0 Å². The number of carbonyl (C=O) groups excluding carboxylic acids is 1. The van der Waals surface area contributed by atoms with Gasteiger partial charge >= 0.3 is 5.97 Å². The smallest absolute Gasteiger partial charge is 0.309 e. The van der Waals surface area contributed by atoms with Crippen molar-refractivity contribution in [3.63, 3.8) is 0 Å². The van der Waals surface area contributed by atoms with Crippen molar-refractivity contribution in [2.75, 3.05) is 0 Å². The van der Waals surface area contributed by atoms with Crippen LogP contribution in [0.15, 0.2) is 30.3 Å². The number of carbonyl (C=O) groups is 1. The van der Waals surface area contributed by atoms with Crippen LogP contribution in [0.25, 0.3) is 0 Å². The lowest BCUT2D eigenvalue weighted by molar-refractivity contribution is -0.160. The Balaban J connectivity index is 1.83. The second-order valence-electron chi connectivity index (χ2n) is 8.16. The average molecular weight is 430 g/mol. The van der Waals surface area contributed by atoms with Gasteiger partial charge < -0.3 is 29.9 Å². The Kier molecular flexibility index (Phi) is 7.15. The highest BCUT2D eigenvalue weighted by molar-refractivity contribution is 5.72. The van der Waals surface area contributed by atoms with Gasteiger partial charge in [0.25, 0.3) is 0 Å². The van der Waals surface area contributed by atoms with E-state index >= 15 is 0 Å². The van der Waals surface area contributed by atoms with E-state index in [2.05, 4.69) is 6.92 Å². The number of fused-ring (bicyclic) bond motifs is 1. The zero-order valence-corrected chi connectivity index (χ0v) is 17.9. The van der Waals surface area contributed by atoms with E-state index in [1.165, 1.54) is 24.3 Å². The number of rotatable bonds is 8. The molecule has 31 heavy (non-hydrogen) atoms. The molecule has 3 atom stereocenters. The van der Waals surface area contributed by atoms with Crippen LogP contribution >= 0.6 is 0 Å². The van der Waals surface area contributed by atoms with Crippen molar-refractivity contribution in [1.82, 2.24) is 0 Å². The summed E-state index contributed by atoms with van der Waals surface area (Å²) < 4.78 is 11.8. The van der Waals surface area contributed by atoms with Crippen molar-refractivity contribution >= 4 is 5.97 Å². The molecule has 0 saturated heterocycles. The molecule has 0 spiro atoms. The van der Waals surface area contributed by atoms with Crippen LogP contribution in [0, 0.1) is 5.92 Å². The van der Waals surface area contributed by atoms with Crippen molar-refractivity contribution in [3.05, 3.63) is 41.5 Å². The number of phenols is 4. The predicted octanol–water partition coefficient (Wildman–Crippen LogP) is 4.70. The minimum absolute atomic E-state index is 0.143. The maximum absolute atomic E-state index is 12.8. The van der Waals surface area contributed by atoms with Crippen molar-refractivity contribution in [1.29, 1.82) is 0 Å². The van der Waals surface area contributed by atoms with Crippen LogP contribution in [-0.2, 0) is 16.0 Å². The minimum Gasteiger partial charge on any atom is -0.508 e. The highest BCUT2D eigenvalue weighted by Gasteiger charge is 2.37. The zero-order chi connectivity index (χ0) is 22.5. The molecule has 0 radical (unpaired) electrons. The van der Waals surface area contributed by atoms with Gasteiger partial charge in [-0.1, -0.05) is 45.6 Å². The molecule has 2 aromatic rings. The van der Waals surface area contributed by atoms with E-state index in [0.717, 1.165) is 32.1 Å². The number of hydrogen-bond acceptors (Lipinski definition) is 7. The molecule has 4 N–H and O–H groups in total. The standard InChI is InChI=1S/C24H30O7/c1-3-4-5-6-7-14(2)24(29)31-22-13-17-19(27)11-16(25)12-21(17)30-23(22)15-8-9-18(26)20(28)10-15/h8-12,14,22-23,25-28H,3-7,13H2,1-2H3/t14-,22+,23-/m1/s1. The molecule has 0 saturated carbocycles. The van der Waals surface area contributed by atoms with Gasteiger partial charge in [-0.2, -0.15) is 0 Å². The van der Waals surface area contributed by atoms with Crippen LogP contribution in [0.5, 0.6) is 28.7 Å². The van der Waals surface area contributed by atoms with Gasteiger partial charge in [-0.15, -0.1) is 0 Å². The molecular weight excluding hydrogens is 400 g/mol. The SMILES string of the molecule is CCCCCC[C@@H](C)C(=O)O[C@H]1Cc2c(O)cc(O)cc2O[C@@H]1c1ccc(O)c(O)c1. The first-order chi connectivity index (χ1) is 14.8. The number of unbranched alkanes of at least 4 members (excludes halogenated alkanes) is 3. The van der Waals surface area contributed by atoms with Gasteiger partial charge in [-0.05, 0) is 18.6 Å². The van der Waals surface area contributed by atoms with E-state index in [1.54, 1.807) is 6.07 Å². The number of phenolic OH excluding ortho intramolecular Hbond substituents is 4. The molecule has 0 aromatic heterocycles. The maximum Gasteiger partial charge on any atom is 0.309 e. The Morgan fingerprint density at radius 1 is 1.06 bits per heavy atom. The lowest BCUT2D eigenvalue weighted by Gasteiger charge is -2.34. The van der Waals surface area contributed by atoms with Crippen LogP contribution in [0.1, 0.15) is 63.2 Å². The molecule has 1 heterocycles. The van der Waals surface area contributed by atoms with Gasteiger partial charge in [0.2, 0.25) is 0 Å². The molecule has 2 aromatic carbocycles. The summed E-state index contributed by atoms with van der Waals surface area (Å²) in [5.74, 6) is -1.24. The summed E-state index contributed by atoms with van der Waals surface area (Å²) in [4.78, 5) is 12.8. The number of ether oxygens (including phenoxy) is 2. The van der Waals surface area contributed by atoms with Crippen LogP contribution < -0.4 is 4.74 Å². The Labute approximate surface area is 181 Å². The van der Waals surface area contributed by atoms with E-state index in [4.69, 9.17) is 9.47 Å².